The van der Waals surface area contributed by atoms with Crippen LogP contribution >= 0.6 is 45.2 Å². The minimum Gasteiger partial charge on any atom is -0.306 e. The Morgan fingerprint density at radius 2 is 2.06 bits per heavy atom. The maximum atomic E-state index is 11.9. The van der Waals surface area contributed by atoms with Crippen molar-refractivity contribution in [2.24, 2.45) is 0 Å². The van der Waals surface area contributed by atoms with Gasteiger partial charge in [0.25, 0.3) is 5.56 Å². The second-order valence-corrected chi connectivity index (χ2v) is 6.72. The summed E-state index contributed by atoms with van der Waals surface area (Å²) in [7, 11) is 0. The highest BCUT2D eigenvalue weighted by atomic mass is 127. The van der Waals surface area contributed by atoms with Crippen LogP contribution in [0.15, 0.2) is 29.1 Å². The van der Waals surface area contributed by atoms with Gasteiger partial charge in [0, 0.05) is 15.1 Å². The van der Waals surface area contributed by atoms with Gasteiger partial charge in [-0.25, -0.2) is 4.98 Å². The number of halogens is 2. The van der Waals surface area contributed by atoms with E-state index in [-0.39, 0.29) is 5.56 Å². The highest BCUT2D eigenvalue weighted by Crippen LogP contribution is 2.40. The van der Waals surface area contributed by atoms with Gasteiger partial charge in [-0.3, -0.25) is 4.79 Å². The molecule has 0 amide bonds. The number of nitrogens with one attached hydrogen (secondary N) is 1. The Labute approximate surface area is 132 Å². The number of aromatic amines is 1. The van der Waals surface area contributed by atoms with E-state index in [0.717, 1.165) is 31.2 Å². The average molecular weight is 464 g/mol. The lowest BCUT2D eigenvalue weighted by Gasteiger charge is -2.06. The Bertz CT molecular complexity index is 662. The van der Waals surface area contributed by atoms with Crippen molar-refractivity contribution in [3.05, 3.63) is 47.5 Å². The van der Waals surface area contributed by atoms with Gasteiger partial charge in [-0.15, -0.1) is 0 Å². The lowest BCUT2D eigenvalue weighted by Crippen LogP contribution is -2.16. The van der Waals surface area contributed by atoms with Crippen molar-refractivity contribution in [2.45, 2.75) is 18.8 Å². The van der Waals surface area contributed by atoms with Gasteiger partial charge in [0.05, 0.1) is 9.26 Å². The minimum absolute atomic E-state index is 0.0265. The van der Waals surface area contributed by atoms with E-state index >= 15 is 0 Å². The molecular weight excluding hydrogens is 454 g/mol. The molecular formula is C13H10I2N2O. The van der Waals surface area contributed by atoms with Gasteiger partial charge in [-0.1, -0.05) is 12.1 Å². The normalized spacial score (nSPS) is 14.8. The van der Waals surface area contributed by atoms with Crippen LogP contribution < -0.4 is 5.56 Å². The zero-order valence-electron chi connectivity index (χ0n) is 9.41. The summed E-state index contributed by atoms with van der Waals surface area (Å²) >= 11 is 4.36. The first-order valence-corrected chi connectivity index (χ1v) is 7.86. The Morgan fingerprint density at radius 1 is 1.28 bits per heavy atom. The highest BCUT2D eigenvalue weighted by molar-refractivity contribution is 14.1. The van der Waals surface area contributed by atoms with Crippen LogP contribution in [0.25, 0.3) is 11.4 Å². The van der Waals surface area contributed by atoms with Crippen molar-refractivity contribution in [3.63, 3.8) is 0 Å². The molecule has 0 unspecified atom stereocenters. The molecule has 1 aromatic heterocycles. The Morgan fingerprint density at radius 3 is 2.72 bits per heavy atom. The summed E-state index contributed by atoms with van der Waals surface area (Å²) < 4.78 is 1.88. The largest absolute Gasteiger partial charge is 0.306 e. The molecule has 0 bridgehead atoms. The topological polar surface area (TPSA) is 45.8 Å². The van der Waals surface area contributed by atoms with Crippen molar-refractivity contribution in [3.8, 4) is 11.4 Å². The average Bonchev–Trinajstić information content (AvgIpc) is 3.16. The van der Waals surface area contributed by atoms with Crippen LogP contribution in [-0.4, -0.2) is 9.97 Å². The maximum absolute atomic E-state index is 11.9. The molecule has 0 aliphatic heterocycles. The van der Waals surface area contributed by atoms with E-state index in [0.29, 0.717) is 11.7 Å². The number of H-pyrrole nitrogens is 1. The molecule has 3 rings (SSSR count). The molecule has 1 aliphatic rings. The monoisotopic (exact) mass is 464 g/mol. The third-order valence-corrected chi connectivity index (χ3v) is 4.66. The first-order valence-electron chi connectivity index (χ1n) is 5.71. The Balaban J connectivity index is 2.15. The van der Waals surface area contributed by atoms with E-state index in [1.165, 1.54) is 0 Å². The Hall–Kier alpha value is -0.440. The number of hydrogen-bond donors (Lipinski definition) is 1. The molecule has 1 N–H and O–H groups in total. The van der Waals surface area contributed by atoms with Gasteiger partial charge in [0.2, 0.25) is 0 Å². The smallest absolute Gasteiger partial charge is 0.264 e. The third-order valence-electron chi connectivity index (χ3n) is 2.95. The summed E-state index contributed by atoms with van der Waals surface area (Å²) in [4.78, 5) is 19.5. The molecule has 92 valence electrons. The molecule has 0 radical (unpaired) electrons. The second-order valence-electron chi connectivity index (χ2n) is 4.40. The van der Waals surface area contributed by atoms with Crippen molar-refractivity contribution in [2.75, 3.05) is 0 Å². The number of benzene rings is 1. The van der Waals surface area contributed by atoms with Gasteiger partial charge in [-0.2, -0.15) is 0 Å². The van der Waals surface area contributed by atoms with Crippen LogP contribution in [0.1, 0.15) is 24.5 Å². The van der Waals surface area contributed by atoms with Crippen molar-refractivity contribution in [1.29, 1.82) is 0 Å². The molecule has 0 saturated heterocycles. The molecule has 1 heterocycles. The predicted molar refractivity (Wildman–Crippen MR) is 87.7 cm³/mol. The fourth-order valence-corrected chi connectivity index (χ4v) is 3.11. The maximum Gasteiger partial charge on any atom is 0.264 e. The molecule has 5 heteroatoms. The number of nitrogens with zero attached hydrogens (tertiary/aromatic N) is 1. The lowest BCUT2D eigenvalue weighted by molar-refractivity contribution is 0.958. The van der Waals surface area contributed by atoms with Crippen LogP contribution in [0, 0.1) is 7.14 Å². The Kier molecular flexibility index (Phi) is 3.44. The molecule has 2 aromatic rings. The van der Waals surface area contributed by atoms with Crippen LogP contribution in [0.5, 0.6) is 0 Å². The van der Waals surface area contributed by atoms with E-state index in [2.05, 4.69) is 55.1 Å². The van der Waals surface area contributed by atoms with E-state index in [1.807, 2.05) is 24.3 Å². The second kappa shape index (κ2) is 4.92. The first-order chi connectivity index (χ1) is 8.65. The fraction of sp³-hybridized carbons (Fsp3) is 0.231. The minimum atomic E-state index is -0.0265. The van der Waals surface area contributed by atoms with Crippen LogP contribution in [0.2, 0.25) is 0 Å². The number of aromatic nitrogens is 2. The van der Waals surface area contributed by atoms with Crippen molar-refractivity contribution in [1.82, 2.24) is 9.97 Å². The van der Waals surface area contributed by atoms with E-state index in [4.69, 9.17) is 0 Å². The van der Waals surface area contributed by atoms with Crippen LogP contribution in [0.4, 0.5) is 0 Å². The summed E-state index contributed by atoms with van der Waals surface area (Å²) in [6.07, 6.45) is 2.30. The molecule has 18 heavy (non-hydrogen) atoms. The lowest BCUT2D eigenvalue weighted by atomic mass is 10.2. The molecule has 1 aromatic carbocycles. The molecule has 1 saturated carbocycles. The zero-order chi connectivity index (χ0) is 12.7. The highest BCUT2D eigenvalue weighted by Gasteiger charge is 2.28. The SMILES string of the molecule is O=c1[nH]c(-c2cccc(I)c2)nc(C2CC2)c1I. The molecule has 3 nitrogen and oxygen atoms in total. The van der Waals surface area contributed by atoms with Crippen LogP contribution in [-0.2, 0) is 0 Å². The van der Waals surface area contributed by atoms with Crippen molar-refractivity contribution < 1.29 is 0 Å². The fourth-order valence-electron chi connectivity index (χ4n) is 1.88. The molecule has 1 fully saturated rings. The predicted octanol–water partition coefficient (Wildman–Crippen LogP) is 3.52. The first kappa shape index (κ1) is 12.6. The summed E-state index contributed by atoms with van der Waals surface area (Å²) in [5, 5.41) is 0. The quantitative estimate of drug-likeness (QED) is 0.692. The van der Waals surface area contributed by atoms with E-state index < -0.39 is 0 Å². The number of rotatable bonds is 2. The van der Waals surface area contributed by atoms with E-state index in [9.17, 15) is 4.79 Å². The molecule has 0 atom stereocenters. The van der Waals surface area contributed by atoms with Gasteiger partial charge in [0.1, 0.15) is 5.82 Å². The van der Waals surface area contributed by atoms with Gasteiger partial charge >= 0.3 is 0 Å². The summed E-state index contributed by atoms with van der Waals surface area (Å²) in [6, 6.07) is 8.01. The summed E-state index contributed by atoms with van der Waals surface area (Å²) in [6.45, 7) is 0. The van der Waals surface area contributed by atoms with Gasteiger partial charge < -0.3 is 4.98 Å². The van der Waals surface area contributed by atoms with Crippen LogP contribution in [0.3, 0.4) is 0 Å². The zero-order valence-corrected chi connectivity index (χ0v) is 13.7. The number of hydrogen-bond acceptors (Lipinski definition) is 2. The molecule has 0 spiro atoms. The molecule has 1 aliphatic carbocycles. The van der Waals surface area contributed by atoms with Gasteiger partial charge in [0.15, 0.2) is 0 Å². The van der Waals surface area contributed by atoms with Crippen molar-refractivity contribution >= 4 is 45.2 Å². The summed E-state index contributed by atoms with van der Waals surface area (Å²) in [5.41, 5.74) is 1.91. The summed E-state index contributed by atoms with van der Waals surface area (Å²) in [5.74, 6) is 1.17. The third kappa shape index (κ3) is 2.47. The standard InChI is InChI=1S/C13H10I2N2O/c14-9-3-1-2-8(6-9)12-16-11(7-4-5-7)10(15)13(18)17-12/h1-3,6-7H,4-5H2,(H,16,17,18). The van der Waals surface area contributed by atoms with Gasteiger partial charge in [-0.05, 0) is 70.2 Å². The van der Waals surface area contributed by atoms with E-state index in [1.54, 1.807) is 0 Å².